The smallest absolute Gasteiger partial charge is 0.222 e. The van der Waals surface area contributed by atoms with Crippen molar-refractivity contribution in [2.75, 3.05) is 13.1 Å². The first-order valence-corrected chi connectivity index (χ1v) is 6.58. The summed E-state index contributed by atoms with van der Waals surface area (Å²) in [6.07, 6.45) is 4.07. The van der Waals surface area contributed by atoms with Crippen LogP contribution in [0.25, 0.3) is 0 Å². The zero-order valence-corrected chi connectivity index (χ0v) is 10.9. The second-order valence-corrected chi connectivity index (χ2v) is 5.39. The van der Waals surface area contributed by atoms with Crippen molar-refractivity contribution in [1.82, 2.24) is 4.90 Å². The van der Waals surface area contributed by atoms with Crippen molar-refractivity contribution in [3.63, 3.8) is 0 Å². The first kappa shape index (κ1) is 13.5. The van der Waals surface area contributed by atoms with Crippen LogP contribution >= 0.6 is 0 Å². The molecule has 3 nitrogen and oxygen atoms in total. The summed E-state index contributed by atoms with van der Waals surface area (Å²) in [7, 11) is 0. The van der Waals surface area contributed by atoms with Crippen LogP contribution in [0.3, 0.4) is 0 Å². The summed E-state index contributed by atoms with van der Waals surface area (Å²) in [6.45, 7) is 8.04. The molecule has 0 aromatic heterocycles. The normalized spacial score (nSPS) is 25.1. The molecular formula is C13H26N2O. The van der Waals surface area contributed by atoms with Gasteiger partial charge in [0.1, 0.15) is 0 Å². The second-order valence-electron chi connectivity index (χ2n) is 5.39. The third-order valence-corrected chi connectivity index (χ3v) is 3.47. The van der Waals surface area contributed by atoms with Crippen molar-refractivity contribution in [1.29, 1.82) is 0 Å². The van der Waals surface area contributed by atoms with Gasteiger partial charge in [0, 0.05) is 25.6 Å². The summed E-state index contributed by atoms with van der Waals surface area (Å²) in [5, 5.41) is 0. The summed E-state index contributed by atoms with van der Waals surface area (Å²) in [5.74, 6) is 1.26. The Kier molecular flexibility index (Phi) is 5.26. The molecule has 0 bridgehead atoms. The van der Waals surface area contributed by atoms with Gasteiger partial charge in [-0.1, -0.05) is 20.3 Å². The maximum atomic E-state index is 12.1. The molecule has 16 heavy (non-hydrogen) atoms. The Morgan fingerprint density at radius 3 is 2.56 bits per heavy atom. The highest BCUT2D eigenvalue weighted by molar-refractivity contribution is 5.76. The predicted molar refractivity (Wildman–Crippen MR) is 67.0 cm³/mol. The van der Waals surface area contributed by atoms with Gasteiger partial charge < -0.3 is 10.6 Å². The van der Waals surface area contributed by atoms with Gasteiger partial charge in [-0.15, -0.1) is 0 Å². The maximum Gasteiger partial charge on any atom is 0.222 e. The van der Waals surface area contributed by atoms with E-state index in [2.05, 4.69) is 20.8 Å². The van der Waals surface area contributed by atoms with Crippen molar-refractivity contribution in [3.8, 4) is 0 Å². The minimum atomic E-state index is 0.252. The molecule has 1 rings (SSSR count). The van der Waals surface area contributed by atoms with Gasteiger partial charge in [0.25, 0.3) is 0 Å². The topological polar surface area (TPSA) is 46.3 Å². The van der Waals surface area contributed by atoms with Crippen LogP contribution in [0.5, 0.6) is 0 Å². The SMILES string of the molecule is CCN(CC(C)C)C(=O)C[C@@H]1CCC[C@H]1N. The lowest BCUT2D eigenvalue weighted by Crippen LogP contribution is -2.37. The number of carbonyl (C=O) groups is 1. The van der Waals surface area contributed by atoms with Crippen LogP contribution in [0.15, 0.2) is 0 Å². The molecule has 94 valence electrons. The molecule has 0 aromatic rings. The minimum absolute atomic E-state index is 0.252. The van der Waals surface area contributed by atoms with Gasteiger partial charge in [-0.25, -0.2) is 0 Å². The van der Waals surface area contributed by atoms with Crippen LogP contribution in [-0.2, 0) is 4.79 Å². The lowest BCUT2D eigenvalue weighted by atomic mass is 9.99. The van der Waals surface area contributed by atoms with E-state index in [0.29, 0.717) is 24.2 Å². The lowest BCUT2D eigenvalue weighted by molar-refractivity contribution is -0.132. The monoisotopic (exact) mass is 226 g/mol. The maximum absolute atomic E-state index is 12.1. The fourth-order valence-corrected chi connectivity index (χ4v) is 2.52. The molecule has 2 N–H and O–H groups in total. The molecule has 0 aromatic carbocycles. The Bertz CT molecular complexity index is 228. The average Bonchev–Trinajstić information content (AvgIpc) is 2.60. The Balaban J connectivity index is 2.42. The number of hydrogen-bond acceptors (Lipinski definition) is 2. The molecule has 1 amide bonds. The summed E-state index contributed by atoms with van der Waals surface area (Å²) in [4.78, 5) is 14.0. The number of carbonyl (C=O) groups excluding carboxylic acids is 1. The highest BCUT2D eigenvalue weighted by Crippen LogP contribution is 2.27. The summed E-state index contributed by atoms with van der Waals surface area (Å²) in [5.41, 5.74) is 6.00. The van der Waals surface area contributed by atoms with Crippen molar-refractivity contribution in [3.05, 3.63) is 0 Å². The van der Waals surface area contributed by atoms with Gasteiger partial charge in [0.15, 0.2) is 0 Å². The Labute approximate surface area is 99.4 Å². The molecule has 1 aliphatic rings. The number of nitrogens with zero attached hydrogens (tertiary/aromatic N) is 1. The quantitative estimate of drug-likeness (QED) is 0.779. The van der Waals surface area contributed by atoms with E-state index in [-0.39, 0.29) is 6.04 Å². The fraction of sp³-hybridized carbons (Fsp3) is 0.923. The van der Waals surface area contributed by atoms with Crippen LogP contribution in [0.4, 0.5) is 0 Å². The molecule has 0 saturated heterocycles. The van der Waals surface area contributed by atoms with E-state index in [0.717, 1.165) is 25.9 Å². The Morgan fingerprint density at radius 2 is 2.12 bits per heavy atom. The zero-order chi connectivity index (χ0) is 12.1. The van der Waals surface area contributed by atoms with Crippen LogP contribution in [0.1, 0.15) is 46.5 Å². The second kappa shape index (κ2) is 6.24. The van der Waals surface area contributed by atoms with Crippen LogP contribution in [0.2, 0.25) is 0 Å². The molecule has 0 radical (unpaired) electrons. The van der Waals surface area contributed by atoms with Crippen LogP contribution in [0, 0.1) is 11.8 Å². The van der Waals surface area contributed by atoms with Gasteiger partial charge in [-0.2, -0.15) is 0 Å². The summed E-state index contributed by atoms with van der Waals surface area (Å²) in [6, 6.07) is 0.252. The number of amides is 1. The first-order valence-electron chi connectivity index (χ1n) is 6.58. The highest BCUT2D eigenvalue weighted by atomic mass is 16.2. The molecular weight excluding hydrogens is 200 g/mol. The van der Waals surface area contributed by atoms with Gasteiger partial charge in [-0.3, -0.25) is 4.79 Å². The van der Waals surface area contributed by atoms with Gasteiger partial charge in [0.2, 0.25) is 5.91 Å². The van der Waals surface area contributed by atoms with Crippen LogP contribution < -0.4 is 5.73 Å². The molecule has 0 heterocycles. The van der Waals surface area contributed by atoms with Crippen molar-refractivity contribution >= 4 is 5.91 Å². The standard InChI is InChI=1S/C13H26N2O/c1-4-15(9-10(2)3)13(16)8-11-6-5-7-12(11)14/h10-12H,4-9,14H2,1-3H3/t11-,12+/m0/s1. The third-order valence-electron chi connectivity index (χ3n) is 3.47. The van der Waals surface area contributed by atoms with E-state index in [1.165, 1.54) is 6.42 Å². The van der Waals surface area contributed by atoms with Crippen molar-refractivity contribution in [2.24, 2.45) is 17.6 Å². The average molecular weight is 226 g/mol. The Morgan fingerprint density at radius 1 is 1.44 bits per heavy atom. The molecule has 1 fully saturated rings. The van der Waals surface area contributed by atoms with Gasteiger partial charge >= 0.3 is 0 Å². The van der Waals surface area contributed by atoms with E-state index in [4.69, 9.17) is 5.73 Å². The van der Waals surface area contributed by atoms with Crippen molar-refractivity contribution < 1.29 is 4.79 Å². The van der Waals surface area contributed by atoms with E-state index in [9.17, 15) is 4.79 Å². The molecule has 0 aliphatic heterocycles. The molecule has 1 saturated carbocycles. The van der Waals surface area contributed by atoms with Crippen LogP contribution in [-0.4, -0.2) is 29.9 Å². The van der Waals surface area contributed by atoms with Gasteiger partial charge in [0.05, 0.1) is 0 Å². The number of hydrogen-bond donors (Lipinski definition) is 1. The predicted octanol–water partition coefficient (Wildman–Crippen LogP) is 2.01. The summed E-state index contributed by atoms with van der Waals surface area (Å²) < 4.78 is 0. The third kappa shape index (κ3) is 3.78. The fourth-order valence-electron chi connectivity index (χ4n) is 2.52. The Hall–Kier alpha value is -0.570. The lowest BCUT2D eigenvalue weighted by Gasteiger charge is -2.25. The minimum Gasteiger partial charge on any atom is -0.343 e. The number of rotatable bonds is 5. The van der Waals surface area contributed by atoms with E-state index < -0.39 is 0 Å². The molecule has 2 atom stereocenters. The molecule has 1 aliphatic carbocycles. The first-order chi connectivity index (χ1) is 7.54. The van der Waals surface area contributed by atoms with E-state index >= 15 is 0 Å². The number of nitrogens with two attached hydrogens (primary N) is 1. The zero-order valence-electron chi connectivity index (χ0n) is 10.9. The van der Waals surface area contributed by atoms with Crippen molar-refractivity contribution in [2.45, 2.75) is 52.5 Å². The molecule has 0 unspecified atom stereocenters. The summed E-state index contributed by atoms with van der Waals surface area (Å²) >= 11 is 0. The largest absolute Gasteiger partial charge is 0.343 e. The van der Waals surface area contributed by atoms with E-state index in [1.807, 2.05) is 4.90 Å². The van der Waals surface area contributed by atoms with E-state index in [1.54, 1.807) is 0 Å². The highest BCUT2D eigenvalue weighted by Gasteiger charge is 2.27. The van der Waals surface area contributed by atoms with Gasteiger partial charge in [-0.05, 0) is 31.6 Å². The molecule has 0 spiro atoms. The molecule has 3 heteroatoms.